The average molecular weight is 333 g/mol. The predicted molar refractivity (Wildman–Crippen MR) is 84.0 cm³/mol. The molecule has 2 aromatic carbocycles. The smallest absolute Gasteiger partial charge is 0.371 e. The minimum Gasteiger partial charge on any atom is -0.371 e. The molecule has 0 amide bonds. The fraction of sp³-hybridized carbons (Fsp3) is 0.167. The summed E-state index contributed by atoms with van der Waals surface area (Å²) >= 11 is 0. The third kappa shape index (κ3) is 3.59. The van der Waals surface area contributed by atoms with Crippen LogP contribution in [0.25, 0.3) is 6.08 Å². The average Bonchev–Trinajstić information content (AvgIpc) is 2.54. The number of nitrogens with zero attached hydrogens (tertiary/aromatic N) is 1. The van der Waals surface area contributed by atoms with Crippen molar-refractivity contribution in [1.82, 2.24) is 0 Å². The summed E-state index contributed by atoms with van der Waals surface area (Å²) in [5, 5.41) is 0. The van der Waals surface area contributed by atoms with E-state index in [1.807, 2.05) is 42.5 Å². The Labute approximate surface area is 137 Å². The Balaban J connectivity index is 1.94. The number of alkyl halides is 3. The Morgan fingerprint density at radius 2 is 1.71 bits per heavy atom. The molecule has 0 spiro atoms. The minimum absolute atomic E-state index is 0.291. The highest BCUT2D eigenvalue weighted by Crippen LogP contribution is 2.31. The van der Waals surface area contributed by atoms with Crippen LogP contribution < -0.4 is 4.90 Å². The van der Waals surface area contributed by atoms with Crippen LogP contribution in [0.4, 0.5) is 18.9 Å². The molecule has 0 N–H and O–H groups in total. The summed E-state index contributed by atoms with van der Waals surface area (Å²) in [6.45, 7) is 0.291. The van der Waals surface area contributed by atoms with Gasteiger partial charge in [0, 0.05) is 12.2 Å². The normalized spacial score (nSPS) is 16.6. The molecule has 0 saturated carbocycles. The summed E-state index contributed by atoms with van der Waals surface area (Å²) in [6.07, 6.45) is -1.93. The van der Waals surface area contributed by atoms with Crippen molar-refractivity contribution >= 4 is 17.7 Å². The van der Waals surface area contributed by atoms with Crippen LogP contribution in [0.2, 0.25) is 0 Å². The highest BCUT2D eigenvalue weighted by molar-refractivity contribution is 5.88. The molecule has 2 aromatic rings. The second kappa shape index (κ2) is 6.39. The lowest BCUT2D eigenvalue weighted by Crippen LogP contribution is -2.44. The summed E-state index contributed by atoms with van der Waals surface area (Å²) in [4.78, 5) is 13.6. The Morgan fingerprint density at radius 3 is 2.42 bits per heavy atom. The van der Waals surface area contributed by atoms with E-state index in [2.05, 4.69) is 4.74 Å². The number of hydrogen-bond acceptors (Lipinski definition) is 3. The molecule has 0 aromatic heterocycles. The maximum absolute atomic E-state index is 12.4. The number of benzene rings is 2. The zero-order valence-corrected chi connectivity index (χ0v) is 12.5. The quantitative estimate of drug-likeness (QED) is 0.790. The van der Waals surface area contributed by atoms with Crippen molar-refractivity contribution in [3.63, 3.8) is 0 Å². The SMILES string of the molecule is O=C(OC(F)(F)F)C1C=Cc2ccccc2N1Cc1ccccc1. The molecule has 24 heavy (non-hydrogen) atoms. The highest BCUT2D eigenvalue weighted by atomic mass is 19.4. The van der Waals surface area contributed by atoms with E-state index in [1.54, 1.807) is 23.1 Å². The lowest BCUT2D eigenvalue weighted by atomic mass is 10.0. The lowest BCUT2D eigenvalue weighted by Gasteiger charge is -2.34. The van der Waals surface area contributed by atoms with Crippen molar-refractivity contribution in [3.05, 3.63) is 71.8 Å². The van der Waals surface area contributed by atoms with E-state index in [4.69, 9.17) is 0 Å². The second-order valence-corrected chi connectivity index (χ2v) is 5.34. The molecule has 3 rings (SSSR count). The van der Waals surface area contributed by atoms with E-state index in [0.717, 1.165) is 11.1 Å². The minimum atomic E-state index is -5.00. The van der Waals surface area contributed by atoms with Crippen LogP contribution in [0.3, 0.4) is 0 Å². The van der Waals surface area contributed by atoms with Crippen LogP contribution in [0.1, 0.15) is 11.1 Å². The summed E-state index contributed by atoms with van der Waals surface area (Å²) in [5.41, 5.74) is 2.41. The molecule has 0 bridgehead atoms. The van der Waals surface area contributed by atoms with Gasteiger partial charge in [0.05, 0.1) is 0 Å². The van der Waals surface area contributed by atoms with Gasteiger partial charge in [0.1, 0.15) is 6.04 Å². The van der Waals surface area contributed by atoms with Gasteiger partial charge >= 0.3 is 12.3 Å². The van der Waals surface area contributed by atoms with Gasteiger partial charge in [-0.05, 0) is 17.2 Å². The van der Waals surface area contributed by atoms with Gasteiger partial charge in [-0.3, -0.25) is 0 Å². The van der Waals surface area contributed by atoms with Crippen molar-refractivity contribution in [2.24, 2.45) is 0 Å². The molecule has 0 fully saturated rings. The Morgan fingerprint density at radius 1 is 1.04 bits per heavy atom. The molecule has 0 aliphatic carbocycles. The summed E-state index contributed by atoms with van der Waals surface area (Å²) in [6, 6.07) is 15.3. The molecule has 6 heteroatoms. The van der Waals surface area contributed by atoms with Crippen LogP contribution in [0, 0.1) is 0 Å². The highest BCUT2D eigenvalue weighted by Gasteiger charge is 2.39. The van der Waals surface area contributed by atoms with E-state index in [0.29, 0.717) is 12.2 Å². The van der Waals surface area contributed by atoms with Crippen molar-refractivity contribution in [3.8, 4) is 0 Å². The third-order valence-corrected chi connectivity index (χ3v) is 3.69. The molecule has 1 unspecified atom stereocenters. The van der Waals surface area contributed by atoms with Gasteiger partial charge < -0.3 is 9.64 Å². The lowest BCUT2D eigenvalue weighted by molar-refractivity contribution is -0.305. The molecule has 1 aliphatic heterocycles. The van der Waals surface area contributed by atoms with Gasteiger partial charge in [-0.25, -0.2) is 4.79 Å². The molecular formula is C18H14F3NO2. The zero-order chi connectivity index (χ0) is 17.2. The number of anilines is 1. The van der Waals surface area contributed by atoms with Crippen molar-refractivity contribution in [1.29, 1.82) is 0 Å². The maximum atomic E-state index is 12.4. The molecule has 124 valence electrons. The van der Waals surface area contributed by atoms with Gasteiger partial charge in [0.25, 0.3) is 0 Å². The molecule has 0 saturated heterocycles. The van der Waals surface area contributed by atoms with E-state index < -0.39 is 18.4 Å². The largest absolute Gasteiger partial charge is 0.575 e. The van der Waals surface area contributed by atoms with Crippen LogP contribution >= 0.6 is 0 Å². The number of rotatable bonds is 3. The monoisotopic (exact) mass is 333 g/mol. The maximum Gasteiger partial charge on any atom is 0.575 e. The standard InChI is InChI=1S/C18H14F3NO2/c19-18(20,21)24-17(23)16-11-10-14-8-4-5-9-15(14)22(16)12-13-6-2-1-3-7-13/h1-11,16H,12H2. The number of para-hydroxylation sites is 1. The predicted octanol–water partition coefficient (Wildman–Crippen LogP) is 4.15. The fourth-order valence-electron chi connectivity index (χ4n) is 2.68. The van der Waals surface area contributed by atoms with Crippen LogP contribution in [0.15, 0.2) is 60.7 Å². The second-order valence-electron chi connectivity index (χ2n) is 5.34. The summed E-state index contributed by atoms with van der Waals surface area (Å²) < 4.78 is 40.9. The molecule has 1 heterocycles. The number of ether oxygens (including phenoxy) is 1. The van der Waals surface area contributed by atoms with Gasteiger partial charge in [-0.15, -0.1) is 13.2 Å². The van der Waals surface area contributed by atoms with Gasteiger partial charge in [-0.2, -0.15) is 0 Å². The first kappa shape index (κ1) is 16.1. The van der Waals surface area contributed by atoms with Crippen molar-refractivity contribution in [2.45, 2.75) is 18.9 Å². The molecular weight excluding hydrogens is 319 g/mol. The van der Waals surface area contributed by atoms with E-state index in [9.17, 15) is 18.0 Å². The summed E-state index contributed by atoms with van der Waals surface area (Å²) in [7, 11) is 0. The Hall–Kier alpha value is -2.76. The van der Waals surface area contributed by atoms with E-state index in [1.165, 1.54) is 6.08 Å². The van der Waals surface area contributed by atoms with E-state index in [-0.39, 0.29) is 0 Å². The Bertz CT molecular complexity index is 756. The molecule has 1 aliphatic rings. The number of hydrogen-bond donors (Lipinski definition) is 0. The van der Waals surface area contributed by atoms with Crippen LogP contribution in [-0.2, 0) is 16.1 Å². The number of fused-ring (bicyclic) bond motifs is 1. The van der Waals surface area contributed by atoms with Crippen LogP contribution in [0.5, 0.6) is 0 Å². The zero-order valence-electron chi connectivity index (χ0n) is 12.5. The molecule has 3 nitrogen and oxygen atoms in total. The van der Waals surface area contributed by atoms with E-state index >= 15 is 0 Å². The molecule has 1 atom stereocenters. The topological polar surface area (TPSA) is 29.5 Å². The number of halogens is 3. The van der Waals surface area contributed by atoms with Crippen molar-refractivity contribution in [2.75, 3.05) is 4.90 Å². The van der Waals surface area contributed by atoms with Gasteiger partial charge in [0.15, 0.2) is 0 Å². The number of carbonyl (C=O) groups excluding carboxylic acids is 1. The fourth-order valence-corrected chi connectivity index (χ4v) is 2.68. The van der Waals surface area contributed by atoms with Gasteiger partial charge in [0.2, 0.25) is 0 Å². The Kier molecular flexibility index (Phi) is 4.29. The van der Waals surface area contributed by atoms with Crippen LogP contribution in [-0.4, -0.2) is 18.4 Å². The first-order valence-corrected chi connectivity index (χ1v) is 7.31. The van der Waals surface area contributed by atoms with Crippen molar-refractivity contribution < 1.29 is 22.7 Å². The number of esters is 1. The first-order valence-electron chi connectivity index (χ1n) is 7.31. The van der Waals surface area contributed by atoms with Gasteiger partial charge in [-0.1, -0.05) is 60.7 Å². The summed E-state index contributed by atoms with van der Waals surface area (Å²) in [5.74, 6) is -1.34. The molecule has 0 radical (unpaired) electrons. The first-order chi connectivity index (χ1) is 11.4. The third-order valence-electron chi connectivity index (χ3n) is 3.69. The number of carbonyl (C=O) groups is 1.